The van der Waals surface area contributed by atoms with Gasteiger partial charge in [-0.2, -0.15) is 0 Å². The van der Waals surface area contributed by atoms with Gasteiger partial charge in [0.25, 0.3) is 5.91 Å². The van der Waals surface area contributed by atoms with E-state index in [0.717, 1.165) is 25.9 Å². The summed E-state index contributed by atoms with van der Waals surface area (Å²) in [6, 6.07) is 0. The van der Waals surface area contributed by atoms with Gasteiger partial charge in [0.1, 0.15) is 0 Å². The number of aryl methyl sites for hydroxylation is 1. The Morgan fingerprint density at radius 3 is 2.75 bits per heavy atom. The zero-order chi connectivity index (χ0) is 11.5. The molecule has 1 saturated heterocycles. The lowest BCUT2D eigenvalue weighted by Gasteiger charge is -2.30. The molecule has 1 aromatic heterocycles. The number of rotatable bonds is 2. The van der Waals surface area contributed by atoms with E-state index >= 15 is 0 Å². The Kier molecular flexibility index (Phi) is 3.19. The Bertz CT molecular complexity index is 367. The van der Waals surface area contributed by atoms with Crippen LogP contribution in [0.15, 0.2) is 6.20 Å². The molecular weight excluding hydrogens is 206 g/mol. The van der Waals surface area contributed by atoms with Crippen LogP contribution < -0.4 is 5.73 Å². The van der Waals surface area contributed by atoms with E-state index in [9.17, 15) is 4.79 Å². The molecule has 88 valence electrons. The molecule has 16 heavy (non-hydrogen) atoms. The largest absolute Gasteiger partial charge is 0.337 e. The summed E-state index contributed by atoms with van der Waals surface area (Å²) in [5, 5.41) is 7.59. The minimum atomic E-state index is -0.0245. The highest BCUT2D eigenvalue weighted by Gasteiger charge is 2.24. The first-order valence-corrected chi connectivity index (χ1v) is 5.56. The third-order valence-electron chi connectivity index (χ3n) is 3.06. The summed E-state index contributed by atoms with van der Waals surface area (Å²) in [5.74, 6) is 0.537. The number of aromatic nitrogens is 3. The molecule has 1 aliphatic heterocycles. The fourth-order valence-corrected chi connectivity index (χ4v) is 1.98. The number of likely N-dealkylation sites (tertiary alicyclic amines) is 1. The van der Waals surface area contributed by atoms with E-state index in [1.165, 1.54) is 0 Å². The number of hydrogen-bond donors (Lipinski definition) is 1. The third-order valence-corrected chi connectivity index (χ3v) is 3.06. The number of nitrogens with zero attached hydrogens (tertiary/aromatic N) is 4. The molecule has 0 aromatic carbocycles. The van der Waals surface area contributed by atoms with Crippen molar-refractivity contribution in [3.8, 4) is 0 Å². The van der Waals surface area contributed by atoms with Crippen molar-refractivity contribution >= 4 is 5.91 Å². The molecule has 6 nitrogen and oxygen atoms in total. The number of amides is 1. The topological polar surface area (TPSA) is 77.0 Å². The second-order valence-electron chi connectivity index (χ2n) is 4.25. The molecular formula is C10H17N5O. The van der Waals surface area contributed by atoms with Crippen LogP contribution in [0.3, 0.4) is 0 Å². The highest BCUT2D eigenvalue weighted by Crippen LogP contribution is 2.17. The van der Waals surface area contributed by atoms with Crippen LogP contribution in [-0.4, -0.2) is 45.4 Å². The zero-order valence-electron chi connectivity index (χ0n) is 9.46. The lowest BCUT2D eigenvalue weighted by molar-refractivity contribution is 0.0687. The van der Waals surface area contributed by atoms with Gasteiger partial charge in [0.2, 0.25) is 0 Å². The number of nitrogens with two attached hydrogens (primary N) is 1. The molecule has 0 spiro atoms. The molecule has 0 unspecified atom stereocenters. The van der Waals surface area contributed by atoms with Crippen LogP contribution >= 0.6 is 0 Å². The molecule has 2 rings (SSSR count). The number of hydrogen-bond acceptors (Lipinski definition) is 4. The summed E-state index contributed by atoms with van der Waals surface area (Å²) in [6.45, 7) is 2.27. The van der Waals surface area contributed by atoms with Gasteiger partial charge in [-0.1, -0.05) is 5.21 Å². The fourth-order valence-electron chi connectivity index (χ4n) is 1.98. The van der Waals surface area contributed by atoms with Gasteiger partial charge in [0.05, 0.1) is 6.20 Å². The van der Waals surface area contributed by atoms with Gasteiger partial charge in [0.15, 0.2) is 5.69 Å². The SMILES string of the molecule is Cn1cc(C(=O)N2CCC(CN)CC2)nn1. The van der Waals surface area contributed by atoms with Crippen molar-refractivity contribution in [1.29, 1.82) is 0 Å². The maximum Gasteiger partial charge on any atom is 0.276 e. The van der Waals surface area contributed by atoms with Crippen LogP contribution in [0.1, 0.15) is 23.3 Å². The van der Waals surface area contributed by atoms with Crippen molar-refractivity contribution < 1.29 is 4.79 Å². The molecule has 1 aromatic rings. The predicted molar refractivity (Wildman–Crippen MR) is 58.7 cm³/mol. The Labute approximate surface area is 94.4 Å². The van der Waals surface area contributed by atoms with Gasteiger partial charge in [-0.15, -0.1) is 5.10 Å². The normalized spacial score (nSPS) is 17.8. The van der Waals surface area contributed by atoms with Gasteiger partial charge >= 0.3 is 0 Å². The van der Waals surface area contributed by atoms with Gasteiger partial charge in [0, 0.05) is 20.1 Å². The molecule has 0 aliphatic carbocycles. The van der Waals surface area contributed by atoms with E-state index in [1.54, 1.807) is 17.9 Å². The third kappa shape index (κ3) is 2.21. The van der Waals surface area contributed by atoms with Gasteiger partial charge in [-0.05, 0) is 25.3 Å². The Morgan fingerprint density at radius 2 is 2.25 bits per heavy atom. The number of carbonyl (C=O) groups excluding carboxylic acids is 1. The summed E-state index contributed by atoms with van der Waals surface area (Å²) in [5.41, 5.74) is 6.03. The molecule has 0 radical (unpaired) electrons. The molecule has 0 bridgehead atoms. The van der Waals surface area contributed by atoms with Crippen LogP contribution in [0.5, 0.6) is 0 Å². The second-order valence-corrected chi connectivity index (χ2v) is 4.25. The second kappa shape index (κ2) is 4.61. The van der Waals surface area contributed by atoms with Crippen molar-refractivity contribution in [3.05, 3.63) is 11.9 Å². The van der Waals surface area contributed by atoms with E-state index in [-0.39, 0.29) is 5.91 Å². The molecule has 1 amide bonds. The minimum Gasteiger partial charge on any atom is -0.337 e. The fraction of sp³-hybridized carbons (Fsp3) is 0.700. The average molecular weight is 223 g/mol. The molecule has 2 N–H and O–H groups in total. The predicted octanol–water partition coefficient (Wildman–Crippen LogP) is -0.374. The van der Waals surface area contributed by atoms with E-state index in [4.69, 9.17) is 5.73 Å². The smallest absolute Gasteiger partial charge is 0.276 e. The summed E-state index contributed by atoms with van der Waals surface area (Å²) in [6.07, 6.45) is 3.63. The maximum atomic E-state index is 12.0. The first-order valence-electron chi connectivity index (χ1n) is 5.56. The Hall–Kier alpha value is -1.43. The molecule has 0 atom stereocenters. The summed E-state index contributed by atoms with van der Waals surface area (Å²) in [7, 11) is 1.75. The quantitative estimate of drug-likeness (QED) is 0.742. The summed E-state index contributed by atoms with van der Waals surface area (Å²) in [4.78, 5) is 13.8. The number of carbonyl (C=O) groups is 1. The van der Waals surface area contributed by atoms with E-state index in [2.05, 4.69) is 10.3 Å². The molecule has 0 saturated carbocycles. The first kappa shape index (κ1) is 11.1. The van der Waals surface area contributed by atoms with E-state index in [0.29, 0.717) is 18.2 Å². The number of piperidine rings is 1. The van der Waals surface area contributed by atoms with E-state index < -0.39 is 0 Å². The zero-order valence-corrected chi connectivity index (χ0v) is 9.46. The molecule has 1 aliphatic rings. The first-order chi connectivity index (χ1) is 7.70. The van der Waals surface area contributed by atoms with Crippen molar-refractivity contribution in [1.82, 2.24) is 19.9 Å². The van der Waals surface area contributed by atoms with Crippen molar-refractivity contribution in [2.24, 2.45) is 18.7 Å². The van der Waals surface area contributed by atoms with Crippen molar-refractivity contribution in [2.45, 2.75) is 12.8 Å². The van der Waals surface area contributed by atoms with Crippen LogP contribution in [0, 0.1) is 5.92 Å². The standard InChI is InChI=1S/C10H17N5O/c1-14-7-9(12-13-14)10(16)15-4-2-8(6-11)3-5-15/h7-8H,2-6,11H2,1H3. The van der Waals surface area contributed by atoms with Gasteiger partial charge in [-0.25, -0.2) is 0 Å². The highest BCUT2D eigenvalue weighted by molar-refractivity contribution is 5.91. The minimum absolute atomic E-state index is 0.0245. The van der Waals surface area contributed by atoms with Gasteiger partial charge in [-0.3, -0.25) is 9.48 Å². The van der Waals surface area contributed by atoms with Crippen molar-refractivity contribution in [2.75, 3.05) is 19.6 Å². The maximum absolute atomic E-state index is 12.0. The lowest BCUT2D eigenvalue weighted by Crippen LogP contribution is -2.40. The Balaban J connectivity index is 1.96. The van der Waals surface area contributed by atoms with Crippen LogP contribution in [0.2, 0.25) is 0 Å². The van der Waals surface area contributed by atoms with E-state index in [1.807, 2.05) is 4.90 Å². The molecule has 6 heteroatoms. The van der Waals surface area contributed by atoms with Crippen molar-refractivity contribution in [3.63, 3.8) is 0 Å². The monoisotopic (exact) mass is 223 g/mol. The molecule has 2 heterocycles. The van der Waals surface area contributed by atoms with Gasteiger partial charge < -0.3 is 10.6 Å². The highest BCUT2D eigenvalue weighted by atomic mass is 16.2. The lowest BCUT2D eigenvalue weighted by atomic mass is 9.97. The average Bonchev–Trinajstić information content (AvgIpc) is 2.75. The molecule has 1 fully saturated rings. The van der Waals surface area contributed by atoms with Crippen LogP contribution in [0.25, 0.3) is 0 Å². The van der Waals surface area contributed by atoms with Crippen LogP contribution in [0.4, 0.5) is 0 Å². The summed E-state index contributed by atoms with van der Waals surface area (Å²) < 4.78 is 1.54. The summed E-state index contributed by atoms with van der Waals surface area (Å²) >= 11 is 0. The van der Waals surface area contributed by atoms with Crippen LogP contribution in [-0.2, 0) is 7.05 Å². The Morgan fingerprint density at radius 1 is 1.56 bits per heavy atom.